The summed E-state index contributed by atoms with van der Waals surface area (Å²) in [5.74, 6) is -1.88. The second-order valence-corrected chi connectivity index (χ2v) is 7.80. The molecule has 1 N–H and O–H groups in total. The quantitative estimate of drug-likeness (QED) is 0.658. The van der Waals surface area contributed by atoms with E-state index in [0.717, 1.165) is 0 Å². The van der Waals surface area contributed by atoms with Crippen molar-refractivity contribution < 1.29 is 19.4 Å². The molecular weight excluding hydrogens is 356 g/mol. The molecule has 4 atom stereocenters. The van der Waals surface area contributed by atoms with Crippen molar-refractivity contribution in [3.8, 4) is 6.07 Å². The van der Waals surface area contributed by atoms with Crippen LogP contribution in [0.4, 0.5) is 5.69 Å². The van der Waals surface area contributed by atoms with E-state index < -0.39 is 23.0 Å². The molecule has 2 aromatic carbocycles. The highest BCUT2D eigenvalue weighted by Crippen LogP contribution is 2.59. The standard InChI is InChI=1S/C22H18N2O4/c1-21-8-9-22(28-21,10-11-25)18-17(21)19(26)24(20(18)27)16-7-6-13(12-23)14-4-2-3-5-15(14)16/h2-9,17-18,25H,10-11H2,1H3/t17-,18+,21?,22?/m0/s1. The molecule has 6 heteroatoms. The van der Waals surface area contributed by atoms with Gasteiger partial charge >= 0.3 is 0 Å². The molecule has 140 valence electrons. The molecule has 2 saturated heterocycles. The van der Waals surface area contributed by atoms with E-state index >= 15 is 0 Å². The lowest BCUT2D eigenvalue weighted by molar-refractivity contribution is -0.129. The Kier molecular flexibility index (Phi) is 3.36. The van der Waals surface area contributed by atoms with Crippen molar-refractivity contribution in [2.45, 2.75) is 24.5 Å². The number of hydrogen-bond donors (Lipinski definition) is 1. The van der Waals surface area contributed by atoms with Gasteiger partial charge in [0.2, 0.25) is 11.8 Å². The van der Waals surface area contributed by atoms with Gasteiger partial charge < -0.3 is 9.84 Å². The lowest BCUT2D eigenvalue weighted by Gasteiger charge is -2.28. The SMILES string of the molecule is CC12C=CC(CCO)(O1)[C@H]1C(=O)N(c3ccc(C#N)c4ccccc34)C(=O)[C@H]12. The third-order valence-electron chi connectivity index (χ3n) is 6.32. The van der Waals surface area contributed by atoms with Crippen LogP contribution in [0.1, 0.15) is 18.9 Å². The number of anilines is 1. The first-order valence-electron chi connectivity index (χ1n) is 9.27. The van der Waals surface area contributed by atoms with Crippen LogP contribution in [0.3, 0.4) is 0 Å². The molecule has 3 aliphatic heterocycles. The van der Waals surface area contributed by atoms with Gasteiger partial charge in [-0.05, 0) is 19.1 Å². The molecule has 6 nitrogen and oxygen atoms in total. The van der Waals surface area contributed by atoms with Gasteiger partial charge in [0.05, 0.1) is 34.8 Å². The summed E-state index contributed by atoms with van der Waals surface area (Å²) in [7, 11) is 0. The molecule has 3 aliphatic rings. The van der Waals surface area contributed by atoms with Gasteiger partial charge in [0.25, 0.3) is 0 Å². The zero-order chi connectivity index (χ0) is 19.7. The van der Waals surface area contributed by atoms with Crippen LogP contribution in [-0.2, 0) is 14.3 Å². The molecule has 2 bridgehead atoms. The summed E-state index contributed by atoms with van der Waals surface area (Å²) in [5, 5.41) is 20.3. The zero-order valence-electron chi connectivity index (χ0n) is 15.3. The Morgan fingerprint density at radius 1 is 1.11 bits per heavy atom. The number of imide groups is 1. The third kappa shape index (κ3) is 1.93. The second kappa shape index (κ2) is 5.51. The van der Waals surface area contributed by atoms with Crippen LogP contribution in [-0.4, -0.2) is 34.7 Å². The Balaban J connectivity index is 1.67. The van der Waals surface area contributed by atoms with Crippen molar-refractivity contribution in [1.82, 2.24) is 0 Å². The zero-order valence-corrected chi connectivity index (χ0v) is 15.3. The maximum Gasteiger partial charge on any atom is 0.241 e. The van der Waals surface area contributed by atoms with Crippen molar-refractivity contribution in [3.63, 3.8) is 0 Å². The molecule has 2 amide bonds. The molecule has 0 aliphatic carbocycles. The molecule has 2 unspecified atom stereocenters. The Labute approximate surface area is 161 Å². The minimum Gasteiger partial charge on any atom is -0.396 e. The van der Waals surface area contributed by atoms with E-state index in [1.165, 1.54) is 4.90 Å². The first kappa shape index (κ1) is 17.1. The van der Waals surface area contributed by atoms with E-state index in [1.807, 2.05) is 43.3 Å². The Bertz CT molecular complexity index is 1120. The minimum atomic E-state index is -0.946. The molecular formula is C22H18N2O4. The summed E-state index contributed by atoms with van der Waals surface area (Å²) in [5.41, 5.74) is -0.824. The third-order valence-corrected chi connectivity index (χ3v) is 6.32. The number of carbonyl (C=O) groups is 2. The van der Waals surface area contributed by atoms with Crippen LogP contribution in [0.15, 0.2) is 48.6 Å². The average Bonchev–Trinajstić information content (AvgIpc) is 3.26. The first-order chi connectivity index (χ1) is 13.5. The van der Waals surface area contributed by atoms with Gasteiger partial charge in [-0.1, -0.05) is 36.4 Å². The normalized spacial score (nSPS) is 33.0. The van der Waals surface area contributed by atoms with Crippen molar-refractivity contribution in [1.29, 1.82) is 5.26 Å². The Hall–Kier alpha value is -3.01. The largest absolute Gasteiger partial charge is 0.396 e. The van der Waals surface area contributed by atoms with Gasteiger partial charge in [-0.25, -0.2) is 4.90 Å². The predicted molar refractivity (Wildman–Crippen MR) is 101 cm³/mol. The number of hydrogen-bond acceptors (Lipinski definition) is 5. The molecule has 3 heterocycles. The number of amides is 2. The van der Waals surface area contributed by atoms with E-state index in [4.69, 9.17) is 4.74 Å². The number of aliphatic hydroxyl groups is 1. The van der Waals surface area contributed by atoms with Gasteiger partial charge in [-0.15, -0.1) is 0 Å². The maximum absolute atomic E-state index is 13.5. The van der Waals surface area contributed by atoms with Crippen molar-refractivity contribution >= 4 is 28.3 Å². The average molecular weight is 374 g/mol. The van der Waals surface area contributed by atoms with E-state index in [0.29, 0.717) is 22.0 Å². The molecule has 0 radical (unpaired) electrons. The lowest BCUT2D eigenvalue weighted by atomic mass is 9.71. The number of carbonyl (C=O) groups excluding carboxylic acids is 2. The summed E-state index contributed by atoms with van der Waals surface area (Å²) in [6, 6.07) is 12.7. The molecule has 2 aromatic rings. The minimum absolute atomic E-state index is 0.134. The van der Waals surface area contributed by atoms with Gasteiger partial charge in [0.1, 0.15) is 5.60 Å². The van der Waals surface area contributed by atoms with Crippen molar-refractivity contribution in [3.05, 3.63) is 54.1 Å². The predicted octanol–water partition coefficient (Wildman–Crippen LogP) is 2.30. The van der Waals surface area contributed by atoms with Gasteiger partial charge in [-0.3, -0.25) is 9.59 Å². The fourth-order valence-corrected chi connectivity index (χ4v) is 5.14. The molecule has 5 rings (SSSR count). The number of nitriles is 1. The summed E-state index contributed by atoms with van der Waals surface area (Å²) in [6.07, 6.45) is 3.94. The highest BCUT2D eigenvalue weighted by molar-refractivity contribution is 6.26. The van der Waals surface area contributed by atoms with Crippen molar-refractivity contribution in [2.75, 3.05) is 11.5 Å². The Morgan fingerprint density at radius 3 is 2.54 bits per heavy atom. The maximum atomic E-state index is 13.5. The smallest absolute Gasteiger partial charge is 0.241 e. The van der Waals surface area contributed by atoms with E-state index in [2.05, 4.69) is 6.07 Å². The number of aliphatic hydroxyl groups excluding tert-OH is 1. The molecule has 28 heavy (non-hydrogen) atoms. The lowest BCUT2D eigenvalue weighted by Crippen LogP contribution is -2.41. The topological polar surface area (TPSA) is 90.6 Å². The van der Waals surface area contributed by atoms with E-state index in [9.17, 15) is 20.0 Å². The molecule has 2 fully saturated rings. The monoisotopic (exact) mass is 374 g/mol. The van der Waals surface area contributed by atoms with Gasteiger partial charge in [0.15, 0.2) is 0 Å². The van der Waals surface area contributed by atoms with Crippen LogP contribution in [0.2, 0.25) is 0 Å². The number of benzene rings is 2. The van der Waals surface area contributed by atoms with Crippen molar-refractivity contribution in [2.24, 2.45) is 11.8 Å². The summed E-state index contributed by atoms with van der Waals surface area (Å²) >= 11 is 0. The van der Waals surface area contributed by atoms with Gasteiger partial charge in [-0.2, -0.15) is 5.26 Å². The Morgan fingerprint density at radius 2 is 1.82 bits per heavy atom. The summed E-state index contributed by atoms with van der Waals surface area (Å²) < 4.78 is 6.12. The molecule has 0 aromatic heterocycles. The number of rotatable bonds is 3. The number of ether oxygens (including phenoxy) is 1. The molecule has 0 saturated carbocycles. The summed E-state index contributed by atoms with van der Waals surface area (Å²) in [6.45, 7) is 1.68. The summed E-state index contributed by atoms with van der Waals surface area (Å²) in [4.78, 5) is 28.1. The molecule has 0 spiro atoms. The van der Waals surface area contributed by atoms with E-state index in [1.54, 1.807) is 12.1 Å². The second-order valence-electron chi connectivity index (χ2n) is 7.80. The fraction of sp³-hybridized carbons (Fsp3) is 0.318. The van der Waals surface area contributed by atoms with Gasteiger partial charge in [0, 0.05) is 23.8 Å². The van der Waals surface area contributed by atoms with Crippen LogP contribution < -0.4 is 4.90 Å². The van der Waals surface area contributed by atoms with Crippen LogP contribution in [0, 0.1) is 23.2 Å². The number of fused-ring (bicyclic) bond motifs is 6. The number of nitrogens with zero attached hydrogens (tertiary/aromatic N) is 2. The highest BCUT2D eigenvalue weighted by atomic mass is 16.5. The fourth-order valence-electron chi connectivity index (χ4n) is 5.14. The first-order valence-corrected chi connectivity index (χ1v) is 9.27. The van der Waals surface area contributed by atoms with Crippen LogP contribution in [0.25, 0.3) is 10.8 Å². The van der Waals surface area contributed by atoms with E-state index in [-0.39, 0.29) is 24.8 Å². The van der Waals surface area contributed by atoms with Crippen LogP contribution in [0.5, 0.6) is 0 Å². The van der Waals surface area contributed by atoms with Crippen LogP contribution >= 0.6 is 0 Å². The highest BCUT2D eigenvalue weighted by Gasteiger charge is 2.71.